The van der Waals surface area contributed by atoms with Crippen LogP contribution in [0.25, 0.3) is 5.76 Å². The van der Waals surface area contributed by atoms with Crippen LogP contribution >= 0.6 is 0 Å². The highest BCUT2D eigenvalue weighted by Crippen LogP contribution is 2.20. The highest BCUT2D eigenvalue weighted by atomic mass is 16.7. The molecule has 15 heavy (non-hydrogen) atoms. The molecule has 75 valence electrons. The molecule has 0 saturated heterocycles. The van der Waals surface area contributed by atoms with E-state index in [0.717, 1.165) is 0 Å². The minimum atomic E-state index is 0.445. The van der Waals surface area contributed by atoms with Crippen LogP contribution in [0.2, 0.25) is 0 Å². The second-order valence-corrected chi connectivity index (χ2v) is 2.75. The Hall–Kier alpha value is -2.44. The van der Waals surface area contributed by atoms with Crippen LogP contribution < -0.4 is 10.6 Å². The van der Waals surface area contributed by atoms with E-state index in [-0.39, 0.29) is 0 Å². The van der Waals surface area contributed by atoms with Gasteiger partial charge in [-0.05, 0) is 0 Å². The Balaban J connectivity index is 1.78. The molecule has 7 nitrogen and oxygen atoms in total. The summed E-state index contributed by atoms with van der Waals surface area (Å²) in [7, 11) is 0. The minimum absolute atomic E-state index is 0.445. The molecule has 7 heteroatoms. The summed E-state index contributed by atoms with van der Waals surface area (Å²) in [6.45, 7) is 0. The molecular weight excluding hydrogens is 198 g/mol. The summed E-state index contributed by atoms with van der Waals surface area (Å²) in [6.07, 6.45) is 7.55. The van der Waals surface area contributed by atoms with E-state index in [2.05, 4.69) is 26.8 Å². The van der Waals surface area contributed by atoms with Gasteiger partial charge in [0, 0.05) is 18.5 Å². The number of aromatic amines is 1. The van der Waals surface area contributed by atoms with Crippen molar-refractivity contribution in [3.63, 3.8) is 0 Å². The lowest BCUT2D eigenvalue weighted by atomic mass is 10.4. The van der Waals surface area contributed by atoms with Crippen LogP contribution in [0.15, 0.2) is 29.2 Å². The Labute approximate surface area is 84.3 Å². The van der Waals surface area contributed by atoms with Gasteiger partial charge in [-0.1, -0.05) is 10.3 Å². The Morgan fingerprint density at radius 2 is 2.47 bits per heavy atom. The predicted molar refractivity (Wildman–Crippen MR) is 48.4 cm³/mol. The van der Waals surface area contributed by atoms with Gasteiger partial charge in [-0.25, -0.2) is 4.98 Å². The van der Waals surface area contributed by atoms with Crippen molar-refractivity contribution in [3.8, 4) is 0 Å². The second-order valence-electron chi connectivity index (χ2n) is 2.75. The third-order valence-electron chi connectivity index (χ3n) is 1.80. The van der Waals surface area contributed by atoms with Gasteiger partial charge >= 0.3 is 0 Å². The molecule has 3 heterocycles. The summed E-state index contributed by atoms with van der Waals surface area (Å²) in [5.41, 5.74) is 3.31. The summed E-state index contributed by atoms with van der Waals surface area (Å²) >= 11 is 0. The van der Waals surface area contributed by atoms with Crippen molar-refractivity contribution in [2.45, 2.75) is 0 Å². The maximum atomic E-state index is 5.36. The monoisotopic (exact) mass is 204 g/mol. The molecule has 0 spiro atoms. The third-order valence-corrected chi connectivity index (χ3v) is 1.80. The zero-order valence-corrected chi connectivity index (χ0v) is 7.47. The van der Waals surface area contributed by atoms with Crippen LogP contribution in [0.4, 0.5) is 5.95 Å². The van der Waals surface area contributed by atoms with Crippen LogP contribution in [0.1, 0.15) is 5.69 Å². The Morgan fingerprint density at radius 3 is 3.20 bits per heavy atom. The van der Waals surface area contributed by atoms with E-state index in [1.165, 1.54) is 11.4 Å². The molecule has 0 bridgehead atoms. The SMILES string of the molecule is [C]1=C(c2ccon2)ON(c2ncc[nH]2)N1. The lowest BCUT2D eigenvalue weighted by Gasteiger charge is -2.12. The van der Waals surface area contributed by atoms with Crippen molar-refractivity contribution in [2.75, 3.05) is 5.17 Å². The Morgan fingerprint density at radius 1 is 1.47 bits per heavy atom. The van der Waals surface area contributed by atoms with Crippen molar-refractivity contribution in [3.05, 3.63) is 36.6 Å². The molecule has 0 fully saturated rings. The average molecular weight is 204 g/mol. The van der Waals surface area contributed by atoms with Crippen molar-refractivity contribution < 1.29 is 9.36 Å². The first-order chi connectivity index (χ1) is 7.43. The largest absolute Gasteiger partial charge is 0.364 e. The second kappa shape index (κ2) is 3.05. The molecule has 0 unspecified atom stereocenters. The maximum Gasteiger partial charge on any atom is 0.260 e. The molecule has 2 aromatic rings. The third kappa shape index (κ3) is 1.30. The number of H-pyrrole nitrogens is 1. The van der Waals surface area contributed by atoms with Gasteiger partial charge in [-0.2, -0.15) is 0 Å². The Bertz CT molecular complexity index is 461. The van der Waals surface area contributed by atoms with Crippen LogP contribution in [0.3, 0.4) is 0 Å². The zero-order valence-electron chi connectivity index (χ0n) is 7.47. The maximum absolute atomic E-state index is 5.36. The van der Waals surface area contributed by atoms with Crippen LogP contribution in [-0.2, 0) is 4.84 Å². The van der Waals surface area contributed by atoms with Crippen LogP contribution in [-0.4, -0.2) is 15.1 Å². The standard InChI is InChI=1S/C8H6N5O2/c1-4-14-12-6(1)7-5-11-13(15-7)8-9-2-3-10-8/h1-4,11H,(H,9,10). The summed E-state index contributed by atoms with van der Waals surface area (Å²) in [5, 5.41) is 5.05. The molecular formula is C8H6N5O2. The molecule has 0 aliphatic carbocycles. The number of hydrogen-bond donors (Lipinski definition) is 2. The number of nitrogens with zero attached hydrogens (tertiary/aromatic N) is 3. The van der Waals surface area contributed by atoms with Crippen LogP contribution in [0, 0.1) is 6.20 Å². The smallest absolute Gasteiger partial charge is 0.260 e. The number of hydrogen-bond acceptors (Lipinski definition) is 6. The fourth-order valence-corrected chi connectivity index (χ4v) is 1.14. The predicted octanol–water partition coefficient (Wildman–Crippen LogP) is 0.456. The summed E-state index contributed by atoms with van der Waals surface area (Å²) in [4.78, 5) is 12.2. The first kappa shape index (κ1) is 7.92. The van der Waals surface area contributed by atoms with Crippen molar-refractivity contribution in [1.29, 1.82) is 0 Å². The van der Waals surface area contributed by atoms with Gasteiger partial charge in [0.25, 0.3) is 5.95 Å². The molecule has 1 radical (unpaired) electrons. The van der Waals surface area contributed by atoms with Crippen molar-refractivity contribution in [2.24, 2.45) is 0 Å². The number of aromatic nitrogens is 3. The van der Waals surface area contributed by atoms with E-state index < -0.39 is 0 Å². The van der Waals surface area contributed by atoms with Gasteiger partial charge in [0.2, 0.25) is 5.76 Å². The molecule has 1 aliphatic heterocycles. The minimum Gasteiger partial charge on any atom is -0.364 e. The fraction of sp³-hybridized carbons (Fsp3) is 0. The summed E-state index contributed by atoms with van der Waals surface area (Å²) < 4.78 is 4.69. The molecule has 1 aliphatic rings. The molecule has 2 aromatic heterocycles. The molecule has 3 rings (SSSR count). The van der Waals surface area contributed by atoms with Gasteiger partial charge in [-0.15, -0.1) is 0 Å². The van der Waals surface area contributed by atoms with Gasteiger partial charge in [0.1, 0.15) is 12.5 Å². The number of imidazole rings is 1. The number of rotatable bonds is 2. The molecule has 2 N–H and O–H groups in total. The molecule has 0 aromatic carbocycles. The lowest BCUT2D eigenvalue weighted by Crippen LogP contribution is -2.29. The normalized spacial score (nSPS) is 14.7. The number of anilines is 1. The molecule has 0 amide bonds. The van der Waals surface area contributed by atoms with E-state index in [9.17, 15) is 0 Å². The highest BCUT2D eigenvalue weighted by Gasteiger charge is 2.21. The topological polar surface area (TPSA) is 79.2 Å². The molecule has 0 atom stereocenters. The average Bonchev–Trinajstić information content (AvgIpc) is 3.02. The Kier molecular flexibility index (Phi) is 1.61. The van der Waals surface area contributed by atoms with E-state index in [0.29, 0.717) is 17.4 Å². The van der Waals surface area contributed by atoms with E-state index >= 15 is 0 Å². The van der Waals surface area contributed by atoms with Gasteiger partial charge < -0.3 is 14.3 Å². The highest BCUT2D eigenvalue weighted by molar-refractivity contribution is 5.56. The van der Waals surface area contributed by atoms with Gasteiger partial charge in [-0.3, -0.25) is 5.43 Å². The van der Waals surface area contributed by atoms with Crippen LogP contribution in [0.5, 0.6) is 0 Å². The first-order valence-electron chi connectivity index (χ1n) is 4.20. The quantitative estimate of drug-likeness (QED) is 0.739. The van der Waals surface area contributed by atoms with E-state index in [1.54, 1.807) is 18.5 Å². The fourth-order valence-electron chi connectivity index (χ4n) is 1.14. The number of hydrazine groups is 1. The van der Waals surface area contributed by atoms with E-state index in [4.69, 9.17) is 9.36 Å². The number of nitrogens with one attached hydrogen (secondary N) is 2. The summed E-state index contributed by atoms with van der Waals surface area (Å²) in [5.74, 6) is 0.973. The first-order valence-corrected chi connectivity index (χ1v) is 4.20. The lowest BCUT2D eigenvalue weighted by molar-refractivity contribution is 0.235. The van der Waals surface area contributed by atoms with E-state index in [1.807, 2.05) is 0 Å². The van der Waals surface area contributed by atoms with Gasteiger partial charge in [0.05, 0.1) is 0 Å². The van der Waals surface area contributed by atoms with Crippen molar-refractivity contribution >= 4 is 11.7 Å². The van der Waals surface area contributed by atoms with Gasteiger partial charge in [0.15, 0.2) is 5.69 Å². The van der Waals surface area contributed by atoms with Crippen molar-refractivity contribution in [1.82, 2.24) is 20.6 Å². The molecule has 0 saturated carbocycles. The zero-order chi connectivity index (χ0) is 10.1. The summed E-state index contributed by atoms with van der Waals surface area (Å²) in [6, 6.07) is 1.68.